The van der Waals surface area contributed by atoms with Gasteiger partial charge in [0.2, 0.25) is 0 Å². The molecule has 3 N–H and O–H groups in total. The van der Waals surface area contributed by atoms with Crippen LogP contribution >= 0.6 is 11.6 Å². The molecule has 37 heavy (non-hydrogen) atoms. The van der Waals surface area contributed by atoms with Crippen molar-refractivity contribution >= 4 is 28.9 Å². The molecule has 0 unspecified atom stereocenters. The third-order valence-electron chi connectivity index (χ3n) is 6.43. The van der Waals surface area contributed by atoms with Crippen molar-refractivity contribution in [2.24, 2.45) is 0 Å². The number of carbonyl (C=O) groups is 1. The summed E-state index contributed by atoms with van der Waals surface area (Å²) in [6, 6.07) is 7.28. The van der Waals surface area contributed by atoms with Gasteiger partial charge in [0.05, 0.1) is 59.8 Å². The van der Waals surface area contributed by atoms with E-state index in [1.807, 2.05) is 39.0 Å². The third kappa shape index (κ3) is 5.25. The highest BCUT2D eigenvalue weighted by molar-refractivity contribution is 6.32. The number of methoxy groups -OCH3 is 1. The number of H-pyrrole nitrogens is 1. The van der Waals surface area contributed by atoms with Crippen molar-refractivity contribution in [2.75, 3.05) is 32.2 Å². The number of aromatic amines is 1. The second kappa shape index (κ2) is 10.2. The number of nitrogens with zero attached hydrogens (tertiary/aromatic N) is 1. The molecule has 196 valence electrons. The Bertz CT molecular complexity index is 1300. The highest BCUT2D eigenvalue weighted by Gasteiger charge is 2.32. The minimum Gasteiger partial charge on any atom is -0.493 e. The Morgan fingerprint density at radius 3 is 2.89 bits per heavy atom. The first kappa shape index (κ1) is 25.4. The second-order valence-electron chi connectivity index (χ2n) is 9.94. The predicted octanol–water partition coefficient (Wildman–Crippen LogP) is 4.73. The molecule has 2 aliphatic rings. The van der Waals surface area contributed by atoms with Crippen molar-refractivity contribution in [3.05, 3.63) is 52.9 Å². The molecule has 1 amide bonds. The maximum atomic E-state index is 13.1. The lowest BCUT2D eigenvalue weighted by molar-refractivity contribution is -0.181. The van der Waals surface area contributed by atoms with Crippen LogP contribution in [0.3, 0.4) is 0 Å². The van der Waals surface area contributed by atoms with E-state index >= 15 is 0 Å². The molecule has 2 atom stereocenters. The number of amides is 1. The molecule has 0 radical (unpaired) electrons. The van der Waals surface area contributed by atoms with Gasteiger partial charge in [-0.2, -0.15) is 0 Å². The number of halogens is 1. The highest BCUT2D eigenvalue weighted by atomic mass is 35.5. The number of carbonyl (C=O) groups excluding carboxylic acids is 1. The van der Waals surface area contributed by atoms with Crippen molar-refractivity contribution in [3.8, 4) is 22.8 Å². The fourth-order valence-corrected chi connectivity index (χ4v) is 4.84. The number of aromatic nitrogens is 2. The number of nitrogens with one attached hydrogen (secondary N) is 3. The molecule has 4 heterocycles. The largest absolute Gasteiger partial charge is 0.493 e. The van der Waals surface area contributed by atoms with Crippen molar-refractivity contribution in [2.45, 2.75) is 44.9 Å². The summed E-state index contributed by atoms with van der Waals surface area (Å²) in [4.78, 5) is 20.9. The lowest BCUT2D eigenvalue weighted by Gasteiger charge is -2.34. The fraction of sp³-hybridized carbons (Fsp3) is 0.407. The SMILES string of the molecule is COc1c(Cl)cccc1Nc1c(-c2ccncc2OC[C@@H]2COC(C)(C)CO2)[nH]c2c1C(=O)N[C@H](C)C2. The number of hydrogen-bond donors (Lipinski definition) is 3. The Hall–Kier alpha value is -3.27. The number of para-hydroxylation sites is 1. The Kier molecular flexibility index (Phi) is 7.02. The molecular weight excluding hydrogens is 496 g/mol. The van der Waals surface area contributed by atoms with Gasteiger partial charge >= 0.3 is 0 Å². The van der Waals surface area contributed by atoms with Gasteiger partial charge in [-0.15, -0.1) is 0 Å². The van der Waals surface area contributed by atoms with Crippen molar-refractivity contribution in [1.29, 1.82) is 0 Å². The summed E-state index contributed by atoms with van der Waals surface area (Å²) in [5.41, 5.74) is 3.78. The first-order valence-corrected chi connectivity index (χ1v) is 12.6. The van der Waals surface area contributed by atoms with Gasteiger partial charge in [-0.1, -0.05) is 17.7 Å². The van der Waals surface area contributed by atoms with Crippen molar-refractivity contribution in [1.82, 2.24) is 15.3 Å². The van der Waals surface area contributed by atoms with E-state index in [1.54, 1.807) is 25.6 Å². The third-order valence-corrected chi connectivity index (χ3v) is 6.73. The Labute approximate surface area is 220 Å². The zero-order valence-electron chi connectivity index (χ0n) is 21.3. The average Bonchev–Trinajstić information content (AvgIpc) is 3.21. The quantitative estimate of drug-likeness (QED) is 0.408. The van der Waals surface area contributed by atoms with Crippen molar-refractivity contribution < 1.29 is 23.7 Å². The van der Waals surface area contributed by atoms with Crippen LogP contribution in [0.25, 0.3) is 11.3 Å². The van der Waals surface area contributed by atoms with E-state index in [2.05, 4.69) is 20.6 Å². The molecule has 5 rings (SSSR count). The summed E-state index contributed by atoms with van der Waals surface area (Å²) in [6.07, 6.45) is 3.82. The minimum absolute atomic E-state index is 0.000849. The van der Waals surface area contributed by atoms with Crippen LogP contribution in [-0.4, -0.2) is 60.6 Å². The van der Waals surface area contributed by atoms with Crippen LogP contribution in [0.15, 0.2) is 36.7 Å². The number of ether oxygens (including phenoxy) is 4. The molecule has 9 nitrogen and oxygen atoms in total. The van der Waals surface area contributed by atoms with E-state index in [-0.39, 0.29) is 23.7 Å². The van der Waals surface area contributed by atoms with Gasteiger partial charge in [-0.05, 0) is 39.0 Å². The maximum absolute atomic E-state index is 13.1. The van der Waals surface area contributed by atoms with E-state index < -0.39 is 0 Å². The zero-order valence-corrected chi connectivity index (χ0v) is 22.1. The summed E-state index contributed by atoms with van der Waals surface area (Å²) in [5.74, 6) is 0.883. The van der Waals surface area contributed by atoms with Crippen LogP contribution in [0.1, 0.15) is 36.8 Å². The molecule has 10 heteroatoms. The van der Waals surface area contributed by atoms with E-state index in [9.17, 15) is 4.79 Å². The lowest BCUT2D eigenvalue weighted by Crippen LogP contribution is -2.44. The van der Waals surface area contributed by atoms with Crippen LogP contribution in [0, 0.1) is 0 Å². The maximum Gasteiger partial charge on any atom is 0.255 e. The molecule has 1 fully saturated rings. The van der Waals surface area contributed by atoms with Crippen LogP contribution in [-0.2, 0) is 15.9 Å². The molecule has 0 aliphatic carbocycles. The zero-order chi connectivity index (χ0) is 26.2. The molecule has 2 aliphatic heterocycles. The molecule has 0 saturated carbocycles. The molecule has 0 bridgehead atoms. The smallest absolute Gasteiger partial charge is 0.255 e. The highest BCUT2D eigenvalue weighted by Crippen LogP contribution is 2.43. The summed E-state index contributed by atoms with van der Waals surface area (Å²) in [6.45, 7) is 7.21. The molecule has 1 aromatic carbocycles. The molecule has 0 spiro atoms. The standard InChI is InChI=1S/C27H31ClN4O5/c1-15-10-20-22(26(33)30-15)24(31-19-7-5-6-18(28)25(19)34-4)23(32-20)17-8-9-29-11-21(17)35-12-16-13-37-27(2,3)14-36-16/h5-9,11,15-16,31-32H,10,12-14H2,1-4H3,(H,30,33)/t15-,16-/m1/s1. The topological polar surface area (TPSA) is 107 Å². The van der Waals surface area contributed by atoms with Gasteiger partial charge < -0.3 is 34.6 Å². The Morgan fingerprint density at radius 2 is 2.14 bits per heavy atom. The summed E-state index contributed by atoms with van der Waals surface area (Å²) < 4.78 is 23.5. The van der Waals surface area contributed by atoms with Gasteiger partial charge in [0, 0.05) is 29.9 Å². The number of pyridine rings is 1. The van der Waals surface area contributed by atoms with Crippen LogP contribution < -0.4 is 20.1 Å². The molecule has 1 saturated heterocycles. The van der Waals surface area contributed by atoms with Gasteiger partial charge in [0.1, 0.15) is 18.5 Å². The number of hydrogen-bond acceptors (Lipinski definition) is 7. The van der Waals surface area contributed by atoms with Crippen LogP contribution in [0.5, 0.6) is 11.5 Å². The van der Waals surface area contributed by atoms with Crippen molar-refractivity contribution in [3.63, 3.8) is 0 Å². The van der Waals surface area contributed by atoms with E-state index in [1.165, 1.54) is 0 Å². The number of fused-ring (bicyclic) bond motifs is 1. The lowest BCUT2D eigenvalue weighted by atomic mass is 10.0. The molecule has 3 aromatic rings. The van der Waals surface area contributed by atoms with E-state index in [0.29, 0.717) is 65.4 Å². The number of rotatable bonds is 7. The molecule has 2 aromatic heterocycles. The first-order valence-electron chi connectivity index (χ1n) is 12.2. The molecular formula is C27H31ClN4O5. The van der Waals surface area contributed by atoms with E-state index in [4.69, 9.17) is 30.5 Å². The minimum atomic E-state index is -0.307. The monoisotopic (exact) mass is 526 g/mol. The first-order chi connectivity index (χ1) is 17.8. The Balaban J connectivity index is 1.52. The number of anilines is 2. The summed E-state index contributed by atoms with van der Waals surface area (Å²) in [5, 5.41) is 6.89. The number of benzene rings is 1. The average molecular weight is 527 g/mol. The van der Waals surface area contributed by atoms with Gasteiger partial charge in [-0.3, -0.25) is 9.78 Å². The van der Waals surface area contributed by atoms with E-state index in [0.717, 1.165) is 11.3 Å². The normalized spacial score (nSPS) is 20.6. The van der Waals surface area contributed by atoms with Gasteiger partial charge in [0.15, 0.2) is 5.75 Å². The fourth-order valence-electron chi connectivity index (χ4n) is 4.59. The van der Waals surface area contributed by atoms with Gasteiger partial charge in [-0.25, -0.2) is 0 Å². The Morgan fingerprint density at radius 1 is 1.30 bits per heavy atom. The predicted molar refractivity (Wildman–Crippen MR) is 141 cm³/mol. The van der Waals surface area contributed by atoms with Crippen LogP contribution in [0.4, 0.5) is 11.4 Å². The van der Waals surface area contributed by atoms with Gasteiger partial charge in [0.25, 0.3) is 5.91 Å². The second-order valence-corrected chi connectivity index (χ2v) is 10.3. The van der Waals surface area contributed by atoms with Crippen LogP contribution in [0.2, 0.25) is 5.02 Å². The summed E-state index contributed by atoms with van der Waals surface area (Å²) in [7, 11) is 1.56. The summed E-state index contributed by atoms with van der Waals surface area (Å²) >= 11 is 6.37.